The largest absolute Gasteiger partial charge is 0.314 e. The van der Waals surface area contributed by atoms with E-state index in [0.29, 0.717) is 13.1 Å². The highest BCUT2D eigenvalue weighted by molar-refractivity contribution is 7.89. The van der Waals surface area contributed by atoms with E-state index in [1.165, 1.54) is 0 Å². The lowest BCUT2D eigenvalue weighted by atomic mass is 10.2. The molecule has 1 aromatic heterocycles. The molecule has 2 N–H and O–H groups in total. The standard InChI is InChI=1S/C13H22N4O2S/c1-12-2-3-13(10-15-12)11-16-20(18,19)9-8-17-6-4-14-5-7-17/h2-3,10,14,16H,4-9,11H2,1H3. The molecule has 112 valence electrons. The molecular formula is C13H22N4O2S. The molecule has 0 radical (unpaired) electrons. The molecule has 0 saturated carbocycles. The Labute approximate surface area is 120 Å². The second-order valence-corrected chi connectivity index (χ2v) is 6.97. The van der Waals surface area contributed by atoms with Crippen LogP contribution in [-0.4, -0.2) is 56.8 Å². The van der Waals surface area contributed by atoms with Crippen LogP contribution in [0.3, 0.4) is 0 Å². The SMILES string of the molecule is Cc1ccc(CNS(=O)(=O)CCN2CCNCC2)cn1. The van der Waals surface area contributed by atoms with Crippen LogP contribution >= 0.6 is 0 Å². The lowest BCUT2D eigenvalue weighted by Gasteiger charge is -2.26. The van der Waals surface area contributed by atoms with Crippen LogP contribution in [0.2, 0.25) is 0 Å². The number of pyridine rings is 1. The number of nitrogens with zero attached hydrogens (tertiary/aromatic N) is 2. The second-order valence-electron chi connectivity index (χ2n) is 5.04. The number of aryl methyl sites for hydroxylation is 1. The van der Waals surface area contributed by atoms with Crippen molar-refractivity contribution >= 4 is 10.0 Å². The molecule has 0 spiro atoms. The minimum absolute atomic E-state index is 0.145. The summed E-state index contributed by atoms with van der Waals surface area (Å²) in [5, 5.41) is 3.25. The quantitative estimate of drug-likeness (QED) is 0.755. The molecule has 1 aromatic rings. The van der Waals surface area contributed by atoms with Crippen molar-refractivity contribution in [2.24, 2.45) is 0 Å². The molecule has 7 heteroatoms. The second kappa shape index (κ2) is 7.12. The van der Waals surface area contributed by atoms with E-state index in [9.17, 15) is 8.42 Å². The molecule has 2 rings (SSSR count). The van der Waals surface area contributed by atoms with Gasteiger partial charge < -0.3 is 5.32 Å². The van der Waals surface area contributed by atoms with E-state index < -0.39 is 10.0 Å². The van der Waals surface area contributed by atoms with Crippen LogP contribution in [-0.2, 0) is 16.6 Å². The van der Waals surface area contributed by atoms with Gasteiger partial charge in [0, 0.05) is 51.2 Å². The molecule has 0 amide bonds. The van der Waals surface area contributed by atoms with Gasteiger partial charge in [-0.05, 0) is 18.6 Å². The van der Waals surface area contributed by atoms with E-state index in [1.807, 2.05) is 19.1 Å². The molecule has 0 aliphatic carbocycles. The van der Waals surface area contributed by atoms with E-state index in [-0.39, 0.29) is 5.75 Å². The third-order valence-corrected chi connectivity index (χ3v) is 4.66. The Bertz CT molecular complexity index is 510. The van der Waals surface area contributed by atoms with Gasteiger partial charge in [0.25, 0.3) is 0 Å². The van der Waals surface area contributed by atoms with Crippen LogP contribution in [0.5, 0.6) is 0 Å². The molecule has 0 unspecified atom stereocenters. The topological polar surface area (TPSA) is 74.3 Å². The van der Waals surface area contributed by atoms with Crippen molar-refractivity contribution in [1.29, 1.82) is 0 Å². The molecule has 6 nitrogen and oxygen atoms in total. The normalized spacial score (nSPS) is 17.2. The van der Waals surface area contributed by atoms with Gasteiger partial charge in [-0.25, -0.2) is 13.1 Å². The monoisotopic (exact) mass is 298 g/mol. The Balaban J connectivity index is 1.76. The van der Waals surface area contributed by atoms with Gasteiger partial charge in [0.05, 0.1) is 5.75 Å². The number of sulfonamides is 1. The first kappa shape index (κ1) is 15.4. The molecule has 1 aliphatic heterocycles. The molecule has 20 heavy (non-hydrogen) atoms. The Morgan fingerprint density at radius 1 is 1.35 bits per heavy atom. The molecule has 1 aliphatic rings. The Morgan fingerprint density at radius 3 is 2.75 bits per heavy atom. The molecule has 2 heterocycles. The first-order valence-corrected chi connectivity index (χ1v) is 8.52. The third kappa shape index (κ3) is 5.16. The van der Waals surface area contributed by atoms with Crippen molar-refractivity contribution in [3.8, 4) is 0 Å². The van der Waals surface area contributed by atoms with Crippen LogP contribution in [0, 0.1) is 6.92 Å². The number of hydrogen-bond acceptors (Lipinski definition) is 5. The summed E-state index contributed by atoms with van der Waals surface area (Å²) in [4.78, 5) is 6.32. The zero-order valence-corrected chi connectivity index (χ0v) is 12.6. The molecule has 1 fully saturated rings. The number of nitrogens with one attached hydrogen (secondary N) is 2. The van der Waals surface area contributed by atoms with Crippen LogP contribution in [0.25, 0.3) is 0 Å². The zero-order chi connectivity index (χ0) is 14.4. The Kier molecular flexibility index (Phi) is 5.47. The van der Waals surface area contributed by atoms with Crippen molar-refractivity contribution in [2.75, 3.05) is 38.5 Å². The summed E-state index contributed by atoms with van der Waals surface area (Å²) in [5.74, 6) is 0.145. The molecule has 0 aromatic carbocycles. The van der Waals surface area contributed by atoms with Gasteiger partial charge in [-0.3, -0.25) is 9.88 Å². The summed E-state index contributed by atoms with van der Waals surface area (Å²) < 4.78 is 26.5. The highest BCUT2D eigenvalue weighted by atomic mass is 32.2. The van der Waals surface area contributed by atoms with Crippen LogP contribution < -0.4 is 10.0 Å². The molecule has 0 atom stereocenters. The summed E-state index contributed by atoms with van der Waals surface area (Å²) >= 11 is 0. The minimum atomic E-state index is -3.23. The van der Waals surface area contributed by atoms with Gasteiger partial charge in [-0.2, -0.15) is 0 Å². The maximum atomic E-state index is 11.9. The summed E-state index contributed by atoms with van der Waals surface area (Å²) in [6.07, 6.45) is 1.70. The fourth-order valence-electron chi connectivity index (χ4n) is 2.05. The van der Waals surface area contributed by atoms with E-state index in [2.05, 4.69) is 19.9 Å². The van der Waals surface area contributed by atoms with Gasteiger partial charge in [0.2, 0.25) is 10.0 Å². The highest BCUT2D eigenvalue weighted by Gasteiger charge is 2.15. The van der Waals surface area contributed by atoms with Crippen LogP contribution in [0.1, 0.15) is 11.3 Å². The van der Waals surface area contributed by atoms with E-state index in [4.69, 9.17) is 0 Å². The first-order chi connectivity index (χ1) is 9.55. The van der Waals surface area contributed by atoms with Crippen LogP contribution in [0.15, 0.2) is 18.3 Å². The summed E-state index contributed by atoms with van der Waals surface area (Å²) in [6.45, 7) is 6.49. The third-order valence-electron chi connectivity index (χ3n) is 3.35. The molecule has 0 bridgehead atoms. The minimum Gasteiger partial charge on any atom is -0.314 e. The van der Waals surface area contributed by atoms with E-state index in [1.54, 1.807) is 6.20 Å². The number of rotatable bonds is 6. The smallest absolute Gasteiger partial charge is 0.213 e. The summed E-state index contributed by atoms with van der Waals surface area (Å²) in [5.41, 5.74) is 1.80. The summed E-state index contributed by atoms with van der Waals surface area (Å²) in [6, 6.07) is 3.77. The number of piperazine rings is 1. The first-order valence-electron chi connectivity index (χ1n) is 6.87. The predicted molar refractivity (Wildman–Crippen MR) is 78.9 cm³/mol. The maximum absolute atomic E-state index is 11.9. The fraction of sp³-hybridized carbons (Fsp3) is 0.615. The van der Waals surface area contributed by atoms with E-state index >= 15 is 0 Å². The summed E-state index contributed by atoms with van der Waals surface area (Å²) in [7, 11) is -3.23. The molecular weight excluding hydrogens is 276 g/mol. The van der Waals surface area contributed by atoms with Crippen molar-refractivity contribution in [3.63, 3.8) is 0 Å². The maximum Gasteiger partial charge on any atom is 0.213 e. The number of hydrogen-bond donors (Lipinski definition) is 2. The Hall–Kier alpha value is -1.02. The van der Waals surface area contributed by atoms with Gasteiger partial charge in [-0.1, -0.05) is 6.07 Å². The van der Waals surface area contributed by atoms with Crippen molar-refractivity contribution in [2.45, 2.75) is 13.5 Å². The number of aromatic nitrogens is 1. The zero-order valence-electron chi connectivity index (χ0n) is 11.8. The van der Waals surface area contributed by atoms with Gasteiger partial charge >= 0.3 is 0 Å². The van der Waals surface area contributed by atoms with Crippen LogP contribution in [0.4, 0.5) is 0 Å². The van der Waals surface area contributed by atoms with Gasteiger partial charge in [-0.15, -0.1) is 0 Å². The lowest BCUT2D eigenvalue weighted by molar-refractivity contribution is 0.253. The average Bonchev–Trinajstić information content (AvgIpc) is 2.46. The van der Waals surface area contributed by atoms with E-state index in [0.717, 1.165) is 37.4 Å². The lowest BCUT2D eigenvalue weighted by Crippen LogP contribution is -2.45. The molecule has 1 saturated heterocycles. The highest BCUT2D eigenvalue weighted by Crippen LogP contribution is 2.00. The van der Waals surface area contributed by atoms with Crippen molar-refractivity contribution in [3.05, 3.63) is 29.6 Å². The van der Waals surface area contributed by atoms with Gasteiger partial charge in [0.1, 0.15) is 0 Å². The van der Waals surface area contributed by atoms with Crippen molar-refractivity contribution in [1.82, 2.24) is 19.9 Å². The fourth-order valence-corrected chi connectivity index (χ4v) is 3.08. The average molecular weight is 298 g/mol. The predicted octanol–water partition coefficient (Wildman–Crippen LogP) is -0.285. The Morgan fingerprint density at radius 2 is 2.10 bits per heavy atom. The van der Waals surface area contributed by atoms with Crippen molar-refractivity contribution < 1.29 is 8.42 Å². The van der Waals surface area contributed by atoms with Gasteiger partial charge in [0.15, 0.2) is 0 Å².